The van der Waals surface area contributed by atoms with Crippen molar-refractivity contribution in [2.75, 3.05) is 0 Å². The van der Waals surface area contributed by atoms with Crippen LogP contribution in [0.1, 0.15) is 5.69 Å². The van der Waals surface area contributed by atoms with Gasteiger partial charge in [-0.25, -0.2) is 4.39 Å². The number of aryl methyl sites for hydroxylation is 1. The van der Waals surface area contributed by atoms with Gasteiger partial charge in [-0.05, 0) is 19.1 Å². The molecule has 0 aliphatic rings. The standard InChI is InChI=1S/C6H6FN.H3N/c1-5-2-3-6(7)4-8-5;/h2-4H,1H3;1H3. The fraction of sp³-hybridized carbons (Fsp3) is 0.167. The number of nitrogens with zero attached hydrogens (tertiary/aromatic N) is 1. The van der Waals surface area contributed by atoms with Crippen molar-refractivity contribution in [1.82, 2.24) is 11.1 Å². The van der Waals surface area contributed by atoms with Crippen molar-refractivity contribution in [2.24, 2.45) is 0 Å². The topological polar surface area (TPSA) is 47.9 Å². The second-order valence-corrected chi connectivity index (χ2v) is 1.62. The van der Waals surface area contributed by atoms with Gasteiger partial charge in [0.05, 0.1) is 6.20 Å². The molecule has 9 heavy (non-hydrogen) atoms. The number of halogens is 1. The maximum absolute atomic E-state index is 12.0. The van der Waals surface area contributed by atoms with Gasteiger partial charge in [0.1, 0.15) is 5.82 Å². The molecule has 0 unspecified atom stereocenters. The Kier molecular flexibility index (Phi) is 2.81. The Morgan fingerprint density at radius 1 is 1.44 bits per heavy atom. The lowest BCUT2D eigenvalue weighted by molar-refractivity contribution is 0.620. The number of hydrogen-bond donors (Lipinski definition) is 1. The zero-order valence-corrected chi connectivity index (χ0v) is 5.26. The predicted octanol–water partition coefficient (Wildman–Crippen LogP) is 1.69. The van der Waals surface area contributed by atoms with Crippen molar-refractivity contribution in [1.29, 1.82) is 0 Å². The lowest BCUT2D eigenvalue weighted by Crippen LogP contribution is -1.79. The van der Waals surface area contributed by atoms with Crippen molar-refractivity contribution >= 4 is 0 Å². The summed E-state index contributed by atoms with van der Waals surface area (Å²) < 4.78 is 12.0. The van der Waals surface area contributed by atoms with Crippen molar-refractivity contribution in [3.8, 4) is 0 Å². The van der Waals surface area contributed by atoms with Crippen LogP contribution in [0, 0.1) is 12.7 Å². The third-order valence-corrected chi connectivity index (χ3v) is 0.875. The molecule has 2 nitrogen and oxygen atoms in total. The molecule has 0 bridgehead atoms. The van der Waals surface area contributed by atoms with E-state index in [2.05, 4.69) is 4.98 Å². The van der Waals surface area contributed by atoms with E-state index < -0.39 is 0 Å². The molecule has 0 amide bonds. The smallest absolute Gasteiger partial charge is 0.141 e. The van der Waals surface area contributed by atoms with E-state index in [4.69, 9.17) is 0 Å². The van der Waals surface area contributed by atoms with E-state index in [-0.39, 0.29) is 12.0 Å². The summed E-state index contributed by atoms with van der Waals surface area (Å²) in [4.78, 5) is 3.70. The molecule has 0 aliphatic heterocycles. The highest BCUT2D eigenvalue weighted by Gasteiger charge is 1.84. The van der Waals surface area contributed by atoms with Crippen molar-refractivity contribution in [2.45, 2.75) is 6.92 Å². The van der Waals surface area contributed by atoms with Crippen molar-refractivity contribution < 1.29 is 4.39 Å². The van der Waals surface area contributed by atoms with Crippen LogP contribution >= 0.6 is 0 Å². The first-order chi connectivity index (χ1) is 3.79. The van der Waals surface area contributed by atoms with Crippen LogP contribution < -0.4 is 6.15 Å². The van der Waals surface area contributed by atoms with Crippen LogP contribution in [-0.4, -0.2) is 4.98 Å². The summed E-state index contributed by atoms with van der Waals surface area (Å²) >= 11 is 0. The van der Waals surface area contributed by atoms with E-state index in [1.165, 1.54) is 12.3 Å². The van der Waals surface area contributed by atoms with Crippen LogP contribution in [0.3, 0.4) is 0 Å². The molecule has 0 aliphatic carbocycles. The first-order valence-corrected chi connectivity index (χ1v) is 2.37. The average molecular weight is 128 g/mol. The Bertz CT molecular complexity index is 150. The molecule has 3 N–H and O–H groups in total. The van der Waals surface area contributed by atoms with Crippen LogP contribution in [0.25, 0.3) is 0 Å². The molecule has 1 rings (SSSR count). The lowest BCUT2D eigenvalue weighted by atomic mass is 10.4. The molecule has 0 saturated carbocycles. The minimum atomic E-state index is -0.282. The van der Waals surface area contributed by atoms with Crippen molar-refractivity contribution in [3.63, 3.8) is 0 Å². The summed E-state index contributed by atoms with van der Waals surface area (Å²) in [5.41, 5.74) is 0.839. The third kappa shape index (κ3) is 2.19. The molecule has 0 aromatic carbocycles. The second-order valence-electron chi connectivity index (χ2n) is 1.62. The van der Waals surface area contributed by atoms with Crippen molar-refractivity contribution in [3.05, 3.63) is 29.8 Å². The number of hydrogen-bond acceptors (Lipinski definition) is 2. The van der Waals surface area contributed by atoms with Crippen LogP contribution in [0.2, 0.25) is 0 Å². The van der Waals surface area contributed by atoms with Gasteiger partial charge in [0.25, 0.3) is 0 Å². The Hall–Kier alpha value is -0.960. The predicted molar refractivity (Wildman–Crippen MR) is 34.0 cm³/mol. The van der Waals surface area contributed by atoms with Gasteiger partial charge in [-0.1, -0.05) is 0 Å². The number of aromatic nitrogens is 1. The van der Waals surface area contributed by atoms with Crippen LogP contribution in [0.15, 0.2) is 18.3 Å². The highest BCUT2D eigenvalue weighted by atomic mass is 19.1. The summed E-state index contributed by atoms with van der Waals surface area (Å²) in [6.07, 6.45) is 1.20. The third-order valence-electron chi connectivity index (χ3n) is 0.875. The zero-order valence-electron chi connectivity index (χ0n) is 5.26. The quantitative estimate of drug-likeness (QED) is 0.578. The van der Waals surface area contributed by atoms with Gasteiger partial charge in [-0.3, -0.25) is 4.98 Å². The first kappa shape index (κ1) is 8.04. The van der Waals surface area contributed by atoms with Gasteiger partial charge in [-0.15, -0.1) is 0 Å². The highest BCUT2D eigenvalue weighted by molar-refractivity contribution is 5.02. The first-order valence-electron chi connectivity index (χ1n) is 2.37. The average Bonchev–Trinajstić information content (AvgIpc) is 1.77. The van der Waals surface area contributed by atoms with Gasteiger partial charge >= 0.3 is 0 Å². The van der Waals surface area contributed by atoms with E-state index >= 15 is 0 Å². The van der Waals surface area contributed by atoms with E-state index in [1.54, 1.807) is 6.07 Å². The Morgan fingerprint density at radius 3 is 2.44 bits per heavy atom. The molecule has 1 aromatic rings. The van der Waals surface area contributed by atoms with Crippen LogP contribution in [0.4, 0.5) is 4.39 Å². The van der Waals surface area contributed by atoms with E-state index in [0.717, 1.165) is 5.69 Å². The molecule has 3 heteroatoms. The number of rotatable bonds is 0. The molecule has 0 spiro atoms. The molecule has 0 fully saturated rings. The monoisotopic (exact) mass is 128 g/mol. The Labute approximate surface area is 53.3 Å². The largest absolute Gasteiger partial charge is 0.344 e. The van der Waals surface area contributed by atoms with Gasteiger partial charge in [0.2, 0.25) is 0 Å². The summed E-state index contributed by atoms with van der Waals surface area (Å²) in [6.45, 7) is 1.82. The summed E-state index contributed by atoms with van der Waals surface area (Å²) in [5.74, 6) is -0.282. The summed E-state index contributed by atoms with van der Waals surface area (Å²) in [7, 11) is 0. The minimum Gasteiger partial charge on any atom is -0.344 e. The van der Waals surface area contributed by atoms with Crippen LogP contribution in [-0.2, 0) is 0 Å². The van der Waals surface area contributed by atoms with Gasteiger partial charge < -0.3 is 6.15 Å². The molecule has 50 valence electrons. The van der Waals surface area contributed by atoms with Crippen LogP contribution in [0.5, 0.6) is 0 Å². The van der Waals surface area contributed by atoms with Gasteiger partial charge in [0, 0.05) is 5.69 Å². The fourth-order valence-corrected chi connectivity index (χ4v) is 0.450. The fourth-order valence-electron chi connectivity index (χ4n) is 0.450. The molecule has 0 radical (unpaired) electrons. The minimum absolute atomic E-state index is 0. The maximum atomic E-state index is 12.0. The lowest BCUT2D eigenvalue weighted by Gasteiger charge is -1.86. The molecular weight excluding hydrogens is 119 g/mol. The van der Waals surface area contributed by atoms with Gasteiger partial charge in [0.15, 0.2) is 0 Å². The summed E-state index contributed by atoms with van der Waals surface area (Å²) in [6, 6.07) is 3.03. The SMILES string of the molecule is Cc1ccc(F)cn1.N. The Balaban J connectivity index is 0.000000640. The van der Waals surface area contributed by atoms with E-state index in [9.17, 15) is 4.39 Å². The molecular formula is C6H9FN2. The van der Waals surface area contributed by atoms with Gasteiger partial charge in [-0.2, -0.15) is 0 Å². The summed E-state index contributed by atoms with van der Waals surface area (Å²) in [5, 5.41) is 0. The maximum Gasteiger partial charge on any atom is 0.141 e. The highest BCUT2D eigenvalue weighted by Crippen LogP contribution is 1.94. The molecule has 0 atom stereocenters. The molecule has 0 saturated heterocycles. The molecule has 1 heterocycles. The van der Waals surface area contributed by atoms with E-state index in [0.29, 0.717) is 0 Å². The van der Waals surface area contributed by atoms with E-state index in [1.807, 2.05) is 6.92 Å². The Morgan fingerprint density at radius 2 is 2.11 bits per heavy atom. The second kappa shape index (κ2) is 3.14. The normalized spacial score (nSPS) is 8.22. The molecule has 1 aromatic heterocycles. The number of pyridine rings is 1. The zero-order chi connectivity index (χ0) is 5.98.